The van der Waals surface area contributed by atoms with Gasteiger partial charge in [-0.1, -0.05) is 6.92 Å². The van der Waals surface area contributed by atoms with Gasteiger partial charge in [0.25, 0.3) is 0 Å². The fourth-order valence-corrected chi connectivity index (χ4v) is 1.55. The van der Waals surface area contributed by atoms with E-state index in [1.807, 2.05) is 6.20 Å². The molecular weight excluding hydrogens is 190 g/mol. The molecule has 2 aromatic rings. The van der Waals surface area contributed by atoms with Gasteiger partial charge in [0.05, 0.1) is 5.52 Å². The summed E-state index contributed by atoms with van der Waals surface area (Å²) in [4.78, 5) is 11.2. The Morgan fingerprint density at radius 1 is 1.47 bits per heavy atom. The number of H-pyrrole nitrogens is 1. The van der Waals surface area contributed by atoms with Gasteiger partial charge in [-0.2, -0.15) is 0 Å². The van der Waals surface area contributed by atoms with E-state index < -0.39 is 0 Å². The van der Waals surface area contributed by atoms with E-state index in [9.17, 15) is 0 Å². The van der Waals surface area contributed by atoms with E-state index in [-0.39, 0.29) is 0 Å². The summed E-state index contributed by atoms with van der Waals surface area (Å²) in [5.41, 5.74) is 8.59. The number of aromatic amines is 1. The third-order valence-corrected chi connectivity index (χ3v) is 2.31. The molecule has 0 radical (unpaired) electrons. The first-order valence-electron chi connectivity index (χ1n) is 5.10. The maximum Gasteiger partial charge on any atom is 0.151 e. The molecule has 0 unspecified atom stereocenters. The fraction of sp³-hybridized carbons (Fsp3) is 0.400. The van der Waals surface area contributed by atoms with Crippen molar-refractivity contribution < 1.29 is 0 Å². The zero-order chi connectivity index (χ0) is 10.7. The van der Waals surface area contributed by atoms with Crippen LogP contribution in [0, 0.1) is 0 Å². The van der Waals surface area contributed by atoms with Crippen LogP contribution in [0.15, 0.2) is 12.5 Å². The van der Waals surface area contributed by atoms with Crippen LogP contribution in [0.1, 0.15) is 18.9 Å². The second-order valence-electron chi connectivity index (χ2n) is 3.47. The quantitative estimate of drug-likeness (QED) is 0.651. The summed E-state index contributed by atoms with van der Waals surface area (Å²) in [6.45, 7) is 3.96. The second kappa shape index (κ2) is 4.27. The first kappa shape index (κ1) is 9.92. The average Bonchev–Trinajstić information content (AvgIpc) is 2.64. The van der Waals surface area contributed by atoms with Crippen molar-refractivity contribution in [2.45, 2.75) is 19.9 Å². The minimum Gasteiger partial charge on any atom is -0.382 e. The highest BCUT2D eigenvalue weighted by atomic mass is 15.0. The molecule has 2 heterocycles. The van der Waals surface area contributed by atoms with Crippen molar-refractivity contribution in [1.82, 2.24) is 20.3 Å². The van der Waals surface area contributed by atoms with E-state index in [1.54, 1.807) is 0 Å². The Morgan fingerprint density at radius 2 is 2.33 bits per heavy atom. The molecule has 15 heavy (non-hydrogen) atoms. The number of nitrogens with zero attached hydrogens (tertiary/aromatic N) is 2. The van der Waals surface area contributed by atoms with Gasteiger partial charge in [0.2, 0.25) is 0 Å². The number of nitrogens with two attached hydrogens (primary N) is 1. The Kier molecular flexibility index (Phi) is 2.82. The lowest BCUT2D eigenvalue weighted by atomic mass is 10.3. The van der Waals surface area contributed by atoms with Crippen LogP contribution in [-0.4, -0.2) is 21.5 Å². The molecule has 5 heteroatoms. The maximum absolute atomic E-state index is 5.72. The SMILES string of the molecule is CCCNCc1c[nH]c2c(N)ncnc12. The van der Waals surface area contributed by atoms with E-state index in [0.717, 1.165) is 36.1 Å². The summed E-state index contributed by atoms with van der Waals surface area (Å²) in [6.07, 6.45) is 4.55. The summed E-state index contributed by atoms with van der Waals surface area (Å²) < 4.78 is 0. The number of nitrogens with one attached hydrogen (secondary N) is 2. The van der Waals surface area contributed by atoms with E-state index in [1.165, 1.54) is 6.33 Å². The minimum atomic E-state index is 0.502. The molecule has 0 fully saturated rings. The Morgan fingerprint density at radius 3 is 3.13 bits per heavy atom. The number of nitrogen functional groups attached to an aromatic ring is 1. The summed E-state index contributed by atoms with van der Waals surface area (Å²) in [5, 5.41) is 3.33. The number of hydrogen-bond donors (Lipinski definition) is 3. The number of hydrogen-bond acceptors (Lipinski definition) is 4. The number of rotatable bonds is 4. The first-order chi connectivity index (χ1) is 7.33. The predicted octanol–water partition coefficient (Wildman–Crippen LogP) is 1.04. The van der Waals surface area contributed by atoms with Gasteiger partial charge in [0.1, 0.15) is 11.8 Å². The molecule has 4 N–H and O–H groups in total. The molecule has 0 aliphatic carbocycles. The van der Waals surface area contributed by atoms with E-state index >= 15 is 0 Å². The normalized spacial score (nSPS) is 11.0. The highest BCUT2D eigenvalue weighted by Gasteiger charge is 2.06. The molecule has 0 bridgehead atoms. The molecule has 5 nitrogen and oxygen atoms in total. The maximum atomic E-state index is 5.72. The van der Waals surface area contributed by atoms with E-state index in [0.29, 0.717) is 5.82 Å². The Hall–Kier alpha value is -1.62. The number of fused-ring (bicyclic) bond motifs is 1. The highest BCUT2D eigenvalue weighted by molar-refractivity contribution is 5.86. The van der Waals surface area contributed by atoms with E-state index in [4.69, 9.17) is 5.73 Å². The second-order valence-corrected chi connectivity index (χ2v) is 3.47. The molecule has 0 aromatic carbocycles. The van der Waals surface area contributed by atoms with Crippen molar-refractivity contribution in [2.24, 2.45) is 0 Å². The van der Waals surface area contributed by atoms with Crippen molar-refractivity contribution in [3.8, 4) is 0 Å². The van der Waals surface area contributed by atoms with Gasteiger partial charge >= 0.3 is 0 Å². The molecule has 0 saturated carbocycles. The van der Waals surface area contributed by atoms with Crippen LogP contribution in [0.5, 0.6) is 0 Å². The predicted molar refractivity (Wildman–Crippen MR) is 60.3 cm³/mol. The molecule has 0 saturated heterocycles. The summed E-state index contributed by atoms with van der Waals surface area (Å²) in [7, 11) is 0. The van der Waals surface area contributed by atoms with Gasteiger partial charge < -0.3 is 16.0 Å². The zero-order valence-corrected chi connectivity index (χ0v) is 8.75. The Bertz CT molecular complexity index is 448. The summed E-state index contributed by atoms with van der Waals surface area (Å²) in [5.74, 6) is 0.502. The van der Waals surface area contributed by atoms with Crippen molar-refractivity contribution in [3.05, 3.63) is 18.1 Å². The lowest BCUT2D eigenvalue weighted by molar-refractivity contribution is 0.677. The van der Waals surface area contributed by atoms with Crippen molar-refractivity contribution >= 4 is 16.9 Å². The molecule has 0 atom stereocenters. The number of aromatic nitrogens is 3. The third kappa shape index (κ3) is 1.92. The Balaban J connectivity index is 2.25. The number of anilines is 1. The standard InChI is InChI=1S/C10H15N5/c1-2-3-12-4-7-5-13-9-8(7)14-6-15-10(9)11/h5-6,12-13H,2-4H2,1H3,(H2,11,14,15). The minimum absolute atomic E-state index is 0.502. The topological polar surface area (TPSA) is 79.6 Å². The van der Waals surface area contributed by atoms with Crippen LogP contribution in [0.4, 0.5) is 5.82 Å². The van der Waals surface area contributed by atoms with Crippen molar-refractivity contribution in [1.29, 1.82) is 0 Å². The van der Waals surface area contributed by atoms with Crippen LogP contribution in [0.2, 0.25) is 0 Å². The highest BCUT2D eigenvalue weighted by Crippen LogP contribution is 2.18. The molecular formula is C10H15N5. The zero-order valence-electron chi connectivity index (χ0n) is 8.75. The molecule has 0 amide bonds. The largest absolute Gasteiger partial charge is 0.382 e. The molecule has 0 aliphatic heterocycles. The van der Waals surface area contributed by atoms with E-state index in [2.05, 4.69) is 27.2 Å². The molecule has 0 aliphatic rings. The van der Waals surface area contributed by atoms with Crippen LogP contribution in [-0.2, 0) is 6.54 Å². The van der Waals surface area contributed by atoms with Gasteiger partial charge in [-0.25, -0.2) is 9.97 Å². The van der Waals surface area contributed by atoms with Crippen molar-refractivity contribution in [2.75, 3.05) is 12.3 Å². The molecule has 2 aromatic heterocycles. The molecule has 0 spiro atoms. The average molecular weight is 205 g/mol. The smallest absolute Gasteiger partial charge is 0.151 e. The van der Waals surface area contributed by atoms with Gasteiger partial charge in [-0.3, -0.25) is 0 Å². The fourth-order valence-electron chi connectivity index (χ4n) is 1.55. The van der Waals surface area contributed by atoms with Crippen molar-refractivity contribution in [3.63, 3.8) is 0 Å². The van der Waals surface area contributed by atoms with Gasteiger partial charge in [0, 0.05) is 18.3 Å². The molecule has 2 rings (SSSR count). The molecule has 80 valence electrons. The van der Waals surface area contributed by atoms with Crippen LogP contribution < -0.4 is 11.1 Å². The summed E-state index contributed by atoms with van der Waals surface area (Å²) in [6, 6.07) is 0. The third-order valence-electron chi connectivity index (χ3n) is 2.31. The first-order valence-corrected chi connectivity index (χ1v) is 5.10. The van der Waals surface area contributed by atoms with Gasteiger partial charge in [0.15, 0.2) is 5.82 Å². The lowest BCUT2D eigenvalue weighted by Crippen LogP contribution is -2.13. The lowest BCUT2D eigenvalue weighted by Gasteiger charge is -2.00. The summed E-state index contributed by atoms with van der Waals surface area (Å²) >= 11 is 0. The Labute approximate surface area is 88.1 Å². The van der Waals surface area contributed by atoms with Crippen LogP contribution in [0.3, 0.4) is 0 Å². The monoisotopic (exact) mass is 205 g/mol. The van der Waals surface area contributed by atoms with Gasteiger partial charge in [-0.05, 0) is 13.0 Å². The van der Waals surface area contributed by atoms with Gasteiger partial charge in [-0.15, -0.1) is 0 Å². The van der Waals surface area contributed by atoms with Crippen LogP contribution in [0.25, 0.3) is 11.0 Å². The van der Waals surface area contributed by atoms with Crippen LogP contribution >= 0.6 is 0 Å².